The maximum absolute atomic E-state index is 12.5. The summed E-state index contributed by atoms with van der Waals surface area (Å²) >= 11 is 0. The molecule has 0 aliphatic carbocycles. The van der Waals surface area contributed by atoms with Crippen molar-refractivity contribution >= 4 is 44.5 Å². The van der Waals surface area contributed by atoms with Crippen molar-refractivity contribution in [3.8, 4) is 0 Å². The van der Waals surface area contributed by atoms with Crippen molar-refractivity contribution in [2.45, 2.75) is 0 Å². The summed E-state index contributed by atoms with van der Waals surface area (Å²) in [5.41, 5.74) is -0.624. The van der Waals surface area contributed by atoms with E-state index < -0.39 is 32.4 Å². The summed E-state index contributed by atoms with van der Waals surface area (Å²) in [4.78, 5) is 32.9. The molecule has 14 nitrogen and oxygen atoms in total. The van der Waals surface area contributed by atoms with Crippen LogP contribution in [0.3, 0.4) is 0 Å². The van der Waals surface area contributed by atoms with Gasteiger partial charge < -0.3 is 9.47 Å². The monoisotopic (exact) mass is 516 g/mol. The van der Waals surface area contributed by atoms with Gasteiger partial charge in [-0.15, -0.1) is 0 Å². The van der Waals surface area contributed by atoms with E-state index in [9.17, 15) is 26.4 Å². The standard InChI is InChI=1S/C18H24N6O8S2/c1-21(2)33(27,28)23-9-13(19-11-23)7-15(17(25)31-5)16(18(26)32-6)8-14-10-24(12-20-14)34(29,30)22(3)4/h7-12H,1-6H3/b15-7+,16-8+. The first-order chi connectivity index (χ1) is 15.7. The molecule has 16 heteroatoms. The molecule has 0 aliphatic heterocycles. The maximum Gasteiger partial charge on any atom is 0.338 e. The molecule has 0 atom stereocenters. The second-order valence-corrected chi connectivity index (χ2v) is 11.0. The van der Waals surface area contributed by atoms with Gasteiger partial charge >= 0.3 is 32.4 Å². The Bertz CT molecular complexity index is 1250. The number of hydrogen-bond donors (Lipinski definition) is 0. The van der Waals surface area contributed by atoms with Gasteiger partial charge in [-0.2, -0.15) is 25.4 Å². The zero-order valence-electron chi connectivity index (χ0n) is 19.2. The Kier molecular flexibility index (Phi) is 8.14. The molecule has 0 fully saturated rings. The van der Waals surface area contributed by atoms with Crippen LogP contribution in [0.4, 0.5) is 0 Å². The van der Waals surface area contributed by atoms with E-state index in [1.165, 1.54) is 28.2 Å². The third-order valence-electron chi connectivity index (χ3n) is 4.30. The second-order valence-electron chi connectivity index (χ2n) is 6.94. The van der Waals surface area contributed by atoms with E-state index in [0.717, 1.165) is 68.0 Å². The van der Waals surface area contributed by atoms with Crippen molar-refractivity contribution in [1.82, 2.24) is 26.5 Å². The highest BCUT2D eigenvalue weighted by molar-refractivity contribution is 7.87. The molecule has 2 aromatic rings. The van der Waals surface area contributed by atoms with E-state index in [0.29, 0.717) is 0 Å². The van der Waals surface area contributed by atoms with Crippen LogP contribution < -0.4 is 0 Å². The fourth-order valence-electron chi connectivity index (χ4n) is 2.43. The third-order valence-corrected chi connectivity index (χ3v) is 7.61. The van der Waals surface area contributed by atoms with E-state index in [1.807, 2.05) is 0 Å². The number of aromatic nitrogens is 4. The van der Waals surface area contributed by atoms with Gasteiger partial charge in [0.05, 0.1) is 36.8 Å². The number of hydrogen-bond acceptors (Lipinski definition) is 10. The van der Waals surface area contributed by atoms with E-state index in [-0.39, 0.29) is 22.5 Å². The van der Waals surface area contributed by atoms with Crippen molar-refractivity contribution in [1.29, 1.82) is 0 Å². The lowest BCUT2D eigenvalue weighted by atomic mass is 10.0. The average molecular weight is 517 g/mol. The lowest BCUT2D eigenvalue weighted by molar-refractivity contribution is -0.139. The normalized spacial score (nSPS) is 13.4. The highest BCUT2D eigenvalue weighted by atomic mass is 32.2. The molecule has 0 amide bonds. The molecule has 0 unspecified atom stereocenters. The van der Waals surface area contributed by atoms with Gasteiger partial charge in [0.1, 0.15) is 12.7 Å². The quantitative estimate of drug-likeness (QED) is 0.234. The summed E-state index contributed by atoms with van der Waals surface area (Å²) in [6.45, 7) is 0. The van der Waals surface area contributed by atoms with Crippen LogP contribution >= 0.6 is 0 Å². The van der Waals surface area contributed by atoms with Crippen molar-refractivity contribution in [3.63, 3.8) is 0 Å². The molecule has 2 heterocycles. The minimum absolute atomic E-state index is 0.0151. The van der Waals surface area contributed by atoms with Gasteiger partial charge in [0.25, 0.3) is 0 Å². The molecular weight excluding hydrogens is 492 g/mol. The zero-order chi connectivity index (χ0) is 25.8. The lowest BCUT2D eigenvalue weighted by Gasteiger charge is -2.11. The highest BCUT2D eigenvalue weighted by Crippen LogP contribution is 2.21. The molecule has 0 spiro atoms. The zero-order valence-corrected chi connectivity index (χ0v) is 20.9. The number of esters is 2. The van der Waals surface area contributed by atoms with Gasteiger partial charge in [-0.3, -0.25) is 0 Å². The number of nitrogens with zero attached hydrogens (tertiary/aromatic N) is 6. The minimum atomic E-state index is -3.86. The molecule has 0 N–H and O–H groups in total. The summed E-state index contributed by atoms with van der Waals surface area (Å²) < 4.78 is 62.2. The number of imidazole rings is 2. The molecular formula is C18H24N6O8S2. The summed E-state index contributed by atoms with van der Waals surface area (Å²) in [5.74, 6) is -1.91. The number of carbonyl (C=O) groups is 2. The lowest BCUT2D eigenvalue weighted by Crippen LogP contribution is -2.27. The molecule has 0 saturated heterocycles. The fourth-order valence-corrected chi connectivity index (χ4v) is 4.00. The number of rotatable bonds is 9. The second kappa shape index (κ2) is 10.3. The van der Waals surface area contributed by atoms with Crippen LogP contribution in [0.5, 0.6) is 0 Å². The Morgan fingerprint density at radius 2 is 1.09 bits per heavy atom. The van der Waals surface area contributed by atoms with Crippen LogP contribution in [0.15, 0.2) is 36.2 Å². The largest absolute Gasteiger partial charge is 0.465 e. The molecule has 186 valence electrons. The van der Waals surface area contributed by atoms with E-state index >= 15 is 0 Å². The molecule has 0 radical (unpaired) electrons. The van der Waals surface area contributed by atoms with Crippen molar-refractivity contribution < 1.29 is 35.9 Å². The number of methoxy groups -OCH3 is 2. The summed E-state index contributed by atoms with van der Waals surface area (Å²) in [6, 6.07) is 0. The minimum Gasteiger partial charge on any atom is -0.465 e. The van der Waals surface area contributed by atoms with Gasteiger partial charge in [0.15, 0.2) is 0 Å². The first kappa shape index (κ1) is 26.9. The predicted molar refractivity (Wildman–Crippen MR) is 120 cm³/mol. The van der Waals surface area contributed by atoms with Crippen LogP contribution in [-0.4, -0.2) is 97.7 Å². The highest BCUT2D eigenvalue weighted by Gasteiger charge is 2.25. The van der Waals surface area contributed by atoms with Gasteiger partial charge in [-0.25, -0.2) is 27.5 Å². The first-order valence-corrected chi connectivity index (χ1v) is 12.1. The van der Waals surface area contributed by atoms with Crippen LogP contribution in [0.1, 0.15) is 11.4 Å². The molecule has 0 saturated carbocycles. The summed E-state index contributed by atoms with van der Waals surface area (Å²) in [7, 11) is -0.236. The predicted octanol–water partition coefficient (Wildman–Crippen LogP) is -0.798. The molecule has 2 rings (SSSR count). The topological polar surface area (TPSA) is 163 Å². The smallest absolute Gasteiger partial charge is 0.338 e. The fraction of sp³-hybridized carbons (Fsp3) is 0.333. The molecule has 0 bridgehead atoms. The van der Waals surface area contributed by atoms with Crippen LogP contribution in [0.2, 0.25) is 0 Å². The Labute approximate surface area is 197 Å². The van der Waals surface area contributed by atoms with Gasteiger partial charge in [-0.1, -0.05) is 0 Å². The molecule has 34 heavy (non-hydrogen) atoms. The van der Waals surface area contributed by atoms with E-state index in [4.69, 9.17) is 9.47 Å². The van der Waals surface area contributed by atoms with E-state index in [2.05, 4.69) is 9.97 Å². The van der Waals surface area contributed by atoms with Gasteiger partial charge in [-0.05, 0) is 12.2 Å². The number of carbonyl (C=O) groups excluding carboxylic acids is 2. The van der Waals surface area contributed by atoms with Gasteiger partial charge in [0, 0.05) is 40.6 Å². The Morgan fingerprint density at radius 3 is 1.35 bits per heavy atom. The Hall–Kier alpha value is -3.34. The summed E-state index contributed by atoms with van der Waals surface area (Å²) in [5, 5.41) is 0. The Morgan fingerprint density at radius 1 is 0.765 bits per heavy atom. The number of ether oxygens (including phenoxy) is 2. The van der Waals surface area contributed by atoms with Crippen molar-refractivity contribution in [2.75, 3.05) is 42.4 Å². The third kappa shape index (κ3) is 5.58. The SMILES string of the molecule is COC(=O)C(=C/c1cn(S(=O)(=O)N(C)C)cn1)/C(=C\c1cn(S(=O)(=O)N(C)C)cn1)C(=O)OC. The van der Waals surface area contributed by atoms with Crippen LogP contribution in [-0.2, 0) is 39.5 Å². The van der Waals surface area contributed by atoms with Crippen molar-refractivity contribution in [3.05, 3.63) is 47.6 Å². The molecule has 0 aliphatic rings. The maximum atomic E-state index is 12.5. The van der Waals surface area contributed by atoms with E-state index in [1.54, 1.807) is 0 Å². The molecule has 2 aromatic heterocycles. The summed E-state index contributed by atoms with van der Waals surface area (Å²) in [6.07, 6.45) is 6.56. The first-order valence-electron chi connectivity index (χ1n) is 9.30. The average Bonchev–Trinajstić information content (AvgIpc) is 3.45. The van der Waals surface area contributed by atoms with Crippen LogP contribution in [0, 0.1) is 0 Å². The molecule has 0 aromatic carbocycles. The van der Waals surface area contributed by atoms with Gasteiger partial charge in [0.2, 0.25) is 0 Å². The Balaban J connectivity index is 2.64. The van der Waals surface area contributed by atoms with Crippen LogP contribution in [0.25, 0.3) is 12.2 Å². The van der Waals surface area contributed by atoms with Crippen molar-refractivity contribution in [2.24, 2.45) is 0 Å².